The molecule has 5 heteroatoms. The summed E-state index contributed by atoms with van der Waals surface area (Å²) in [5.74, 6) is -0.981. The monoisotopic (exact) mass is 278 g/mol. The van der Waals surface area contributed by atoms with Crippen LogP contribution in [0.5, 0.6) is 0 Å². The molecule has 0 spiro atoms. The first-order chi connectivity index (χ1) is 9.08. The number of rotatable bonds is 4. The Kier molecular flexibility index (Phi) is 4.02. The Bertz CT molecular complexity index is 616. The summed E-state index contributed by atoms with van der Waals surface area (Å²) in [5, 5.41) is 2.99. The maximum atomic E-state index is 13.6. The van der Waals surface area contributed by atoms with Gasteiger partial charge in [-0.05, 0) is 29.8 Å². The lowest BCUT2D eigenvalue weighted by Gasteiger charge is -2.09. The Morgan fingerprint density at radius 2 is 2.00 bits per heavy atom. The number of nitrogens with two attached hydrogens (primary N) is 1. The molecule has 0 fully saturated rings. The minimum atomic E-state index is -0.491. The second-order valence-corrected chi connectivity index (χ2v) is 4.43. The van der Waals surface area contributed by atoms with E-state index in [0.717, 1.165) is 5.56 Å². The first kappa shape index (κ1) is 13.4. The van der Waals surface area contributed by atoms with Crippen LogP contribution in [-0.2, 0) is 6.54 Å². The van der Waals surface area contributed by atoms with Gasteiger partial charge < -0.3 is 11.1 Å². The quantitative estimate of drug-likeness (QED) is 0.902. The molecule has 0 saturated carbocycles. The Balaban J connectivity index is 2.12. The Labute approximate surface area is 115 Å². The van der Waals surface area contributed by atoms with E-state index in [0.29, 0.717) is 17.8 Å². The Morgan fingerprint density at radius 3 is 2.74 bits per heavy atom. The summed E-state index contributed by atoms with van der Waals surface area (Å²) in [4.78, 5) is 11.1. The number of benzene rings is 2. The van der Waals surface area contributed by atoms with E-state index in [4.69, 9.17) is 17.3 Å². The van der Waals surface area contributed by atoms with Crippen molar-refractivity contribution in [2.24, 2.45) is 5.73 Å². The van der Waals surface area contributed by atoms with E-state index < -0.39 is 11.7 Å². The van der Waals surface area contributed by atoms with Gasteiger partial charge in [0.05, 0.1) is 10.7 Å². The van der Waals surface area contributed by atoms with Gasteiger partial charge in [-0.25, -0.2) is 4.39 Å². The van der Waals surface area contributed by atoms with Crippen LogP contribution < -0.4 is 11.1 Å². The van der Waals surface area contributed by atoms with Crippen molar-refractivity contribution in [3.05, 3.63) is 64.4 Å². The highest BCUT2D eigenvalue weighted by Gasteiger charge is 2.06. The van der Waals surface area contributed by atoms with E-state index in [2.05, 4.69) is 5.32 Å². The van der Waals surface area contributed by atoms with Gasteiger partial charge in [0, 0.05) is 12.1 Å². The van der Waals surface area contributed by atoms with Crippen molar-refractivity contribution in [2.75, 3.05) is 5.32 Å². The van der Waals surface area contributed by atoms with Crippen molar-refractivity contribution >= 4 is 23.2 Å². The molecule has 1 amide bonds. The SMILES string of the molecule is NC(=O)c1cccc(CNc2cccc(Cl)c2F)c1. The van der Waals surface area contributed by atoms with Crippen LogP contribution in [0.4, 0.5) is 10.1 Å². The fraction of sp³-hybridized carbons (Fsp3) is 0.0714. The summed E-state index contributed by atoms with van der Waals surface area (Å²) in [6.07, 6.45) is 0. The highest BCUT2D eigenvalue weighted by Crippen LogP contribution is 2.22. The maximum Gasteiger partial charge on any atom is 0.248 e. The number of anilines is 1. The minimum Gasteiger partial charge on any atom is -0.379 e. The molecule has 3 nitrogen and oxygen atoms in total. The van der Waals surface area contributed by atoms with E-state index >= 15 is 0 Å². The number of amides is 1. The number of halogens is 2. The van der Waals surface area contributed by atoms with Crippen LogP contribution in [0.25, 0.3) is 0 Å². The van der Waals surface area contributed by atoms with Crippen molar-refractivity contribution in [2.45, 2.75) is 6.54 Å². The molecule has 0 aliphatic heterocycles. The van der Waals surface area contributed by atoms with E-state index in [1.807, 2.05) is 6.07 Å². The normalized spacial score (nSPS) is 10.2. The maximum absolute atomic E-state index is 13.6. The number of primary amides is 1. The average molecular weight is 279 g/mol. The van der Waals surface area contributed by atoms with Crippen molar-refractivity contribution in [1.29, 1.82) is 0 Å². The molecule has 2 aromatic carbocycles. The van der Waals surface area contributed by atoms with Gasteiger partial charge in [0.1, 0.15) is 0 Å². The van der Waals surface area contributed by atoms with E-state index in [1.165, 1.54) is 6.07 Å². The number of hydrogen-bond acceptors (Lipinski definition) is 2. The van der Waals surface area contributed by atoms with Gasteiger partial charge in [-0.1, -0.05) is 29.8 Å². The van der Waals surface area contributed by atoms with Crippen molar-refractivity contribution < 1.29 is 9.18 Å². The molecular formula is C14H12ClFN2O. The third-order valence-corrected chi connectivity index (χ3v) is 2.94. The van der Waals surface area contributed by atoms with Gasteiger partial charge in [-0.3, -0.25) is 4.79 Å². The van der Waals surface area contributed by atoms with Crippen LogP contribution >= 0.6 is 11.6 Å². The van der Waals surface area contributed by atoms with Crippen molar-refractivity contribution in [3.8, 4) is 0 Å². The molecule has 98 valence electrons. The first-order valence-corrected chi connectivity index (χ1v) is 6.02. The number of carbonyl (C=O) groups excluding carboxylic acids is 1. The lowest BCUT2D eigenvalue weighted by atomic mass is 10.1. The summed E-state index contributed by atoms with van der Waals surface area (Å²) < 4.78 is 13.6. The lowest BCUT2D eigenvalue weighted by molar-refractivity contribution is 0.1000. The second-order valence-electron chi connectivity index (χ2n) is 4.02. The standard InChI is InChI=1S/C14H12ClFN2O/c15-11-5-2-6-12(13(11)16)18-8-9-3-1-4-10(7-9)14(17)19/h1-7,18H,8H2,(H2,17,19). The van der Waals surface area contributed by atoms with Gasteiger partial charge in [-0.15, -0.1) is 0 Å². The largest absolute Gasteiger partial charge is 0.379 e. The predicted octanol–water partition coefficient (Wildman–Crippen LogP) is 3.19. The van der Waals surface area contributed by atoms with Crippen LogP contribution in [0.1, 0.15) is 15.9 Å². The highest BCUT2D eigenvalue weighted by atomic mass is 35.5. The highest BCUT2D eigenvalue weighted by molar-refractivity contribution is 6.31. The molecule has 0 aromatic heterocycles. The molecule has 19 heavy (non-hydrogen) atoms. The molecule has 0 bridgehead atoms. The molecule has 0 saturated heterocycles. The van der Waals surface area contributed by atoms with Crippen LogP contribution in [0.3, 0.4) is 0 Å². The summed E-state index contributed by atoms with van der Waals surface area (Å²) in [7, 11) is 0. The summed E-state index contributed by atoms with van der Waals surface area (Å²) in [5.41, 5.74) is 6.77. The van der Waals surface area contributed by atoms with Gasteiger partial charge in [0.2, 0.25) is 5.91 Å². The van der Waals surface area contributed by atoms with Crippen molar-refractivity contribution in [3.63, 3.8) is 0 Å². The molecule has 0 unspecified atom stereocenters. The topological polar surface area (TPSA) is 55.1 Å². The molecule has 0 heterocycles. The zero-order valence-electron chi connectivity index (χ0n) is 9.99. The summed E-state index contributed by atoms with van der Waals surface area (Å²) >= 11 is 5.69. The first-order valence-electron chi connectivity index (χ1n) is 5.64. The molecule has 0 aliphatic carbocycles. The molecule has 0 radical (unpaired) electrons. The fourth-order valence-corrected chi connectivity index (χ4v) is 1.85. The average Bonchev–Trinajstić information content (AvgIpc) is 2.41. The smallest absolute Gasteiger partial charge is 0.248 e. The number of carbonyl (C=O) groups is 1. The van der Waals surface area contributed by atoms with Gasteiger partial charge in [-0.2, -0.15) is 0 Å². The van der Waals surface area contributed by atoms with Crippen LogP contribution in [0, 0.1) is 5.82 Å². The molecular weight excluding hydrogens is 267 g/mol. The molecule has 3 N–H and O–H groups in total. The third-order valence-electron chi connectivity index (χ3n) is 2.65. The molecule has 0 aliphatic rings. The van der Waals surface area contributed by atoms with Crippen molar-refractivity contribution in [1.82, 2.24) is 0 Å². The second kappa shape index (κ2) is 5.71. The Hall–Kier alpha value is -2.07. The van der Waals surface area contributed by atoms with Gasteiger partial charge in [0.15, 0.2) is 5.82 Å². The van der Waals surface area contributed by atoms with Gasteiger partial charge >= 0.3 is 0 Å². The molecule has 0 atom stereocenters. The van der Waals surface area contributed by atoms with E-state index in [1.54, 1.807) is 30.3 Å². The minimum absolute atomic E-state index is 0.0656. The summed E-state index contributed by atoms with van der Waals surface area (Å²) in [6, 6.07) is 11.6. The predicted molar refractivity (Wildman–Crippen MR) is 73.7 cm³/mol. The molecule has 2 aromatic rings. The number of nitrogens with one attached hydrogen (secondary N) is 1. The summed E-state index contributed by atoms with van der Waals surface area (Å²) in [6.45, 7) is 0.373. The fourth-order valence-electron chi connectivity index (χ4n) is 1.67. The van der Waals surface area contributed by atoms with Crippen LogP contribution in [0.15, 0.2) is 42.5 Å². The third kappa shape index (κ3) is 3.23. The zero-order chi connectivity index (χ0) is 13.8. The molecule has 2 rings (SSSR count). The zero-order valence-corrected chi connectivity index (χ0v) is 10.7. The van der Waals surface area contributed by atoms with E-state index in [-0.39, 0.29) is 5.02 Å². The van der Waals surface area contributed by atoms with Gasteiger partial charge in [0.25, 0.3) is 0 Å². The lowest BCUT2D eigenvalue weighted by Crippen LogP contribution is -2.11. The van der Waals surface area contributed by atoms with E-state index in [9.17, 15) is 9.18 Å². The Morgan fingerprint density at radius 1 is 1.26 bits per heavy atom. The number of hydrogen-bond donors (Lipinski definition) is 2. The van der Waals surface area contributed by atoms with Crippen LogP contribution in [-0.4, -0.2) is 5.91 Å². The van der Waals surface area contributed by atoms with Crippen LogP contribution in [0.2, 0.25) is 5.02 Å².